The summed E-state index contributed by atoms with van der Waals surface area (Å²) in [5.74, 6) is -0.181. The van der Waals surface area contributed by atoms with Crippen molar-refractivity contribution in [3.8, 4) is 0 Å². The Balaban J connectivity index is 0.00000106. The van der Waals surface area contributed by atoms with Crippen LogP contribution in [0.4, 0.5) is 9.59 Å². The standard InChI is InChI=1S/C13H15N3O3.C2H6/c1-9(17)11(10-5-3-2-4-6-10)15-13(19)16-8-7-14-12(16)18;1-2/h2-6,11H,7-8H2,1H3,(H,14,18)(H,15,19);1-2H3. The first-order chi connectivity index (χ1) is 10.1. The van der Waals surface area contributed by atoms with Crippen molar-refractivity contribution in [2.75, 3.05) is 13.1 Å². The second-order valence-corrected chi connectivity index (χ2v) is 4.29. The maximum atomic E-state index is 11.9. The van der Waals surface area contributed by atoms with E-state index in [1.54, 1.807) is 24.3 Å². The predicted octanol–water partition coefficient (Wildman–Crippen LogP) is 2.08. The third kappa shape index (κ3) is 4.30. The van der Waals surface area contributed by atoms with Crippen LogP contribution in [0, 0.1) is 0 Å². The van der Waals surface area contributed by atoms with Crippen LogP contribution in [0.3, 0.4) is 0 Å². The fourth-order valence-electron chi connectivity index (χ4n) is 1.93. The van der Waals surface area contributed by atoms with E-state index in [1.165, 1.54) is 6.92 Å². The monoisotopic (exact) mass is 291 g/mol. The fraction of sp³-hybridized carbons (Fsp3) is 0.400. The average molecular weight is 291 g/mol. The van der Waals surface area contributed by atoms with E-state index in [-0.39, 0.29) is 5.78 Å². The average Bonchev–Trinajstić information content (AvgIpc) is 2.93. The second kappa shape index (κ2) is 8.04. The number of hydrogen-bond donors (Lipinski definition) is 2. The van der Waals surface area contributed by atoms with Crippen molar-refractivity contribution in [1.82, 2.24) is 15.5 Å². The normalized spacial score (nSPS) is 14.6. The lowest BCUT2D eigenvalue weighted by atomic mass is 10.0. The summed E-state index contributed by atoms with van der Waals surface area (Å²) in [5, 5.41) is 5.12. The molecular formula is C15H21N3O3. The van der Waals surface area contributed by atoms with Gasteiger partial charge in [0, 0.05) is 13.1 Å². The Morgan fingerprint density at radius 3 is 2.33 bits per heavy atom. The van der Waals surface area contributed by atoms with Crippen LogP contribution >= 0.6 is 0 Å². The summed E-state index contributed by atoms with van der Waals surface area (Å²) >= 11 is 0. The van der Waals surface area contributed by atoms with E-state index in [0.717, 1.165) is 4.90 Å². The third-order valence-electron chi connectivity index (χ3n) is 2.91. The van der Waals surface area contributed by atoms with Gasteiger partial charge in [-0.05, 0) is 12.5 Å². The number of carbonyl (C=O) groups is 3. The fourth-order valence-corrected chi connectivity index (χ4v) is 1.93. The van der Waals surface area contributed by atoms with Crippen LogP contribution in [-0.4, -0.2) is 35.8 Å². The lowest BCUT2D eigenvalue weighted by Gasteiger charge is -2.20. The van der Waals surface area contributed by atoms with Gasteiger partial charge in [0.15, 0.2) is 5.78 Å². The number of urea groups is 2. The number of benzene rings is 1. The van der Waals surface area contributed by atoms with Gasteiger partial charge in [0.2, 0.25) is 0 Å². The van der Waals surface area contributed by atoms with Gasteiger partial charge in [-0.3, -0.25) is 4.79 Å². The molecule has 1 aliphatic rings. The van der Waals surface area contributed by atoms with Gasteiger partial charge >= 0.3 is 12.1 Å². The Labute approximate surface area is 124 Å². The van der Waals surface area contributed by atoms with Crippen molar-refractivity contribution in [1.29, 1.82) is 0 Å². The third-order valence-corrected chi connectivity index (χ3v) is 2.91. The Morgan fingerprint density at radius 2 is 1.86 bits per heavy atom. The molecule has 1 aromatic rings. The molecule has 0 saturated carbocycles. The molecule has 1 saturated heterocycles. The van der Waals surface area contributed by atoms with Gasteiger partial charge in [0.05, 0.1) is 0 Å². The maximum absolute atomic E-state index is 11.9. The van der Waals surface area contributed by atoms with Crippen molar-refractivity contribution < 1.29 is 14.4 Å². The Bertz CT molecular complexity index is 502. The van der Waals surface area contributed by atoms with Crippen molar-refractivity contribution in [2.24, 2.45) is 0 Å². The topological polar surface area (TPSA) is 78.5 Å². The number of nitrogens with one attached hydrogen (secondary N) is 2. The quantitative estimate of drug-likeness (QED) is 0.895. The van der Waals surface area contributed by atoms with E-state index in [0.29, 0.717) is 18.7 Å². The number of ketones is 1. The molecule has 0 aromatic heterocycles. The van der Waals surface area contributed by atoms with Crippen LogP contribution in [0.1, 0.15) is 32.4 Å². The molecule has 1 atom stereocenters. The molecule has 1 aromatic carbocycles. The maximum Gasteiger partial charge on any atom is 0.326 e. The van der Waals surface area contributed by atoms with Gasteiger partial charge < -0.3 is 10.6 Å². The highest BCUT2D eigenvalue weighted by Gasteiger charge is 2.29. The molecule has 2 rings (SSSR count). The van der Waals surface area contributed by atoms with Crippen LogP contribution in [0.5, 0.6) is 0 Å². The second-order valence-electron chi connectivity index (χ2n) is 4.29. The van der Waals surface area contributed by atoms with Crippen LogP contribution in [-0.2, 0) is 4.79 Å². The molecule has 0 spiro atoms. The number of hydrogen-bond acceptors (Lipinski definition) is 3. The van der Waals surface area contributed by atoms with Crippen molar-refractivity contribution in [2.45, 2.75) is 26.8 Å². The SMILES string of the molecule is CC.CC(=O)C(NC(=O)N1CCNC1=O)c1ccccc1. The molecule has 21 heavy (non-hydrogen) atoms. The summed E-state index contributed by atoms with van der Waals surface area (Å²) in [5.41, 5.74) is 0.697. The van der Waals surface area contributed by atoms with Crippen LogP contribution in [0.2, 0.25) is 0 Å². The summed E-state index contributed by atoms with van der Waals surface area (Å²) in [6.07, 6.45) is 0. The molecule has 6 heteroatoms. The van der Waals surface area contributed by atoms with Crippen molar-refractivity contribution in [3.05, 3.63) is 35.9 Å². The molecule has 1 fully saturated rings. The van der Waals surface area contributed by atoms with Crippen LogP contribution in [0.25, 0.3) is 0 Å². The molecule has 4 amide bonds. The summed E-state index contributed by atoms with van der Waals surface area (Å²) in [6, 6.07) is 7.21. The predicted molar refractivity (Wildman–Crippen MR) is 79.8 cm³/mol. The first-order valence-electron chi connectivity index (χ1n) is 7.01. The molecule has 1 heterocycles. The molecule has 0 bridgehead atoms. The van der Waals surface area contributed by atoms with E-state index in [9.17, 15) is 14.4 Å². The van der Waals surface area contributed by atoms with E-state index in [1.807, 2.05) is 19.9 Å². The number of Topliss-reactive ketones (excluding diaryl/α,β-unsaturated/α-hetero) is 1. The van der Waals surface area contributed by atoms with Gasteiger partial charge in [-0.15, -0.1) is 0 Å². The number of amides is 4. The first-order valence-corrected chi connectivity index (χ1v) is 7.01. The summed E-state index contributed by atoms with van der Waals surface area (Å²) in [7, 11) is 0. The Morgan fingerprint density at radius 1 is 1.24 bits per heavy atom. The molecular weight excluding hydrogens is 270 g/mol. The molecule has 114 valence electrons. The molecule has 0 aliphatic carbocycles. The van der Waals surface area contributed by atoms with Gasteiger partial charge in [0.1, 0.15) is 6.04 Å². The van der Waals surface area contributed by atoms with E-state index in [4.69, 9.17) is 0 Å². The highest BCUT2D eigenvalue weighted by atomic mass is 16.2. The number of rotatable bonds is 3. The minimum atomic E-state index is -0.734. The minimum absolute atomic E-state index is 0.181. The lowest BCUT2D eigenvalue weighted by Crippen LogP contribution is -2.44. The summed E-state index contributed by atoms with van der Waals surface area (Å²) in [4.78, 5) is 36.0. The van der Waals surface area contributed by atoms with E-state index in [2.05, 4.69) is 10.6 Å². The smallest absolute Gasteiger partial charge is 0.326 e. The van der Waals surface area contributed by atoms with Gasteiger partial charge in [0.25, 0.3) is 0 Å². The molecule has 1 aliphatic heterocycles. The van der Waals surface area contributed by atoms with Crippen LogP contribution < -0.4 is 10.6 Å². The number of carbonyl (C=O) groups excluding carboxylic acids is 3. The zero-order valence-corrected chi connectivity index (χ0v) is 12.6. The number of nitrogens with zero attached hydrogens (tertiary/aromatic N) is 1. The van der Waals surface area contributed by atoms with E-state index < -0.39 is 18.1 Å². The zero-order chi connectivity index (χ0) is 15.8. The minimum Gasteiger partial charge on any atom is -0.336 e. The highest BCUT2D eigenvalue weighted by molar-refractivity contribution is 5.97. The molecule has 2 N–H and O–H groups in total. The zero-order valence-electron chi connectivity index (χ0n) is 12.6. The van der Waals surface area contributed by atoms with E-state index >= 15 is 0 Å². The molecule has 6 nitrogen and oxygen atoms in total. The van der Waals surface area contributed by atoms with Gasteiger partial charge in [-0.2, -0.15) is 0 Å². The first kappa shape index (κ1) is 16.7. The summed E-state index contributed by atoms with van der Waals surface area (Å²) in [6.45, 7) is 6.15. The number of imide groups is 1. The Hall–Kier alpha value is -2.37. The van der Waals surface area contributed by atoms with Gasteiger partial charge in [-0.1, -0.05) is 44.2 Å². The molecule has 0 radical (unpaired) electrons. The Kier molecular flexibility index (Phi) is 6.39. The molecule has 1 unspecified atom stereocenters. The highest BCUT2D eigenvalue weighted by Crippen LogP contribution is 2.14. The van der Waals surface area contributed by atoms with Crippen molar-refractivity contribution in [3.63, 3.8) is 0 Å². The van der Waals surface area contributed by atoms with Crippen LogP contribution in [0.15, 0.2) is 30.3 Å². The lowest BCUT2D eigenvalue weighted by molar-refractivity contribution is -0.118. The largest absolute Gasteiger partial charge is 0.336 e. The van der Waals surface area contributed by atoms with Gasteiger partial charge in [-0.25, -0.2) is 14.5 Å². The van der Waals surface area contributed by atoms with Crippen molar-refractivity contribution >= 4 is 17.8 Å². The summed E-state index contributed by atoms with van der Waals surface area (Å²) < 4.78 is 0.